The van der Waals surface area contributed by atoms with Crippen LogP contribution in [-0.4, -0.2) is 39.3 Å². The van der Waals surface area contributed by atoms with Crippen LogP contribution in [0.25, 0.3) is 11.5 Å². The summed E-state index contributed by atoms with van der Waals surface area (Å²) in [4.78, 5) is 14.5. The first-order chi connectivity index (χ1) is 12.6. The minimum absolute atomic E-state index is 0.0417. The molecule has 0 spiro atoms. The SMILES string of the molecule is CC(C)c1cc(C(=O)N2CCC[C@@H](c3nnc(-c4ccsc4)o3)C2)on1. The number of thiophene rings is 1. The minimum atomic E-state index is -0.133. The number of likely N-dealkylation sites (tertiary alicyclic amines) is 1. The lowest BCUT2D eigenvalue weighted by Crippen LogP contribution is -2.39. The summed E-state index contributed by atoms with van der Waals surface area (Å²) in [6.45, 7) is 5.27. The number of piperidine rings is 1. The normalized spacial score (nSPS) is 17.8. The van der Waals surface area contributed by atoms with E-state index < -0.39 is 0 Å². The van der Waals surface area contributed by atoms with Crippen molar-refractivity contribution in [2.24, 2.45) is 0 Å². The molecule has 1 aliphatic heterocycles. The van der Waals surface area contributed by atoms with Crippen LogP contribution in [0.15, 0.2) is 31.8 Å². The Bertz CT molecular complexity index is 884. The molecule has 1 fully saturated rings. The van der Waals surface area contributed by atoms with Gasteiger partial charge in [0.2, 0.25) is 17.5 Å². The van der Waals surface area contributed by atoms with Gasteiger partial charge in [0.15, 0.2) is 0 Å². The van der Waals surface area contributed by atoms with E-state index in [2.05, 4.69) is 15.4 Å². The summed E-state index contributed by atoms with van der Waals surface area (Å²) in [5.41, 5.74) is 1.72. The zero-order valence-corrected chi connectivity index (χ0v) is 15.5. The van der Waals surface area contributed by atoms with Gasteiger partial charge in [-0.3, -0.25) is 4.79 Å². The van der Waals surface area contributed by atoms with Crippen LogP contribution >= 0.6 is 11.3 Å². The van der Waals surface area contributed by atoms with Crippen LogP contribution in [0.4, 0.5) is 0 Å². The van der Waals surface area contributed by atoms with Gasteiger partial charge in [-0.1, -0.05) is 19.0 Å². The summed E-state index contributed by atoms with van der Waals surface area (Å²) < 4.78 is 11.1. The molecule has 1 atom stereocenters. The van der Waals surface area contributed by atoms with Gasteiger partial charge >= 0.3 is 0 Å². The molecule has 0 bridgehead atoms. The lowest BCUT2D eigenvalue weighted by Gasteiger charge is -2.30. The zero-order chi connectivity index (χ0) is 18.1. The van der Waals surface area contributed by atoms with E-state index in [1.807, 2.05) is 30.7 Å². The molecule has 7 nitrogen and oxygen atoms in total. The van der Waals surface area contributed by atoms with Crippen LogP contribution in [0.1, 0.15) is 60.7 Å². The van der Waals surface area contributed by atoms with Crippen LogP contribution in [0.3, 0.4) is 0 Å². The molecule has 0 aromatic carbocycles. The number of aromatic nitrogens is 3. The number of hydrogen-bond acceptors (Lipinski definition) is 7. The molecule has 1 aliphatic rings. The Morgan fingerprint density at radius 1 is 1.38 bits per heavy atom. The fraction of sp³-hybridized carbons (Fsp3) is 0.444. The largest absolute Gasteiger partial charge is 0.420 e. The van der Waals surface area contributed by atoms with Crippen molar-refractivity contribution in [2.45, 2.75) is 38.5 Å². The van der Waals surface area contributed by atoms with Crippen LogP contribution in [-0.2, 0) is 0 Å². The van der Waals surface area contributed by atoms with Crippen molar-refractivity contribution >= 4 is 17.2 Å². The molecule has 4 rings (SSSR count). The topological polar surface area (TPSA) is 85.3 Å². The molecule has 0 unspecified atom stereocenters. The van der Waals surface area contributed by atoms with Gasteiger partial charge in [-0.25, -0.2) is 0 Å². The first-order valence-electron chi connectivity index (χ1n) is 8.73. The number of amides is 1. The summed E-state index contributed by atoms with van der Waals surface area (Å²) in [6.07, 6.45) is 1.81. The first kappa shape index (κ1) is 17.0. The zero-order valence-electron chi connectivity index (χ0n) is 14.7. The Labute approximate surface area is 155 Å². The highest BCUT2D eigenvalue weighted by Gasteiger charge is 2.30. The van der Waals surface area contributed by atoms with E-state index in [4.69, 9.17) is 8.94 Å². The van der Waals surface area contributed by atoms with Crippen molar-refractivity contribution in [1.82, 2.24) is 20.3 Å². The van der Waals surface area contributed by atoms with Crippen molar-refractivity contribution < 1.29 is 13.7 Å². The van der Waals surface area contributed by atoms with E-state index in [9.17, 15) is 4.79 Å². The average Bonchev–Trinajstić information content (AvgIpc) is 3.42. The van der Waals surface area contributed by atoms with Gasteiger partial charge in [-0.2, -0.15) is 11.3 Å². The number of carbonyl (C=O) groups excluding carboxylic acids is 1. The minimum Gasteiger partial charge on any atom is -0.420 e. The molecule has 4 heterocycles. The van der Waals surface area contributed by atoms with Crippen molar-refractivity contribution in [3.8, 4) is 11.5 Å². The second kappa shape index (κ2) is 7.03. The maximum Gasteiger partial charge on any atom is 0.292 e. The third-order valence-corrected chi connectivity index (χ3v) is 5.28. The molecule has 3 aromatic rings. The highest BCUT2D eigenvalue weighted by molar-refractivity contribution is 7.08. The molecule has 0 aliphatic carbocycles. The van der Waals surface area contributed by atoms with Gasteiger partial charge < -0.3 is 13.8 Å². The number of nitrogens with zero attached hydrogens (tertiary/aromatic N) is 4. The Morgan fingerprint density at radius 2 is 2.27 bits per heavy atom. The van der Waals surface area contributed by atoms with Crippen LogP contribution < -0.4 is 0 Å². The Morgan fingerprint density at radius 3 is 3.00 bits per heavy atom. The molecule has 0 saturated carbocycles. The van der Waals surface area contributed by atoms with E-state index in [1.165, 1.54) is 0 Å². The summed E-state index contributed by atoms with van der Waals surface area (Å²) >= 11 is 1.59. The lowest BCUT2D eigenvalue weighted by molar-refractivity contribution is 0.0656. The molecule has 26 heavy (non-hydrogen) atoms. The molecule has 136 valence electrons. The predicted molar refractivity (Wildman–Crippen MR) is 96.1 cm³/mol. The molecular formula is C18H20N4O3S. The van der Waals surface area contributed by atoms with E-state index in [-0.39, 0.29) is 17.7 Å². The first-order valence-corrected chi connectivity index (χ1v) is 9.68. The van der Waals surface area contributed by atoms with E-state index in [1.54, 1.807) is 22.3 Å². The lowest BCUT2D eigenvalue weighted by atomic mass is 9.98. The number of hydrogen-bond donors (Lipinski definition) is 0. The Balaban J connectivity index is 1.48. The Hall–Kier alpha value is -2.48. The maximum atomic E-state index is 12.7. The average molecular weight is 372 g/mol. The third-order valence-electron chi connectivity index (χ3n) is 4.60. The van der Waals surface area contributed by atoms with Crippen molar-refractivity contribution in [3.63, 3.8) is 0 Å². The van der Waals surface area contributed by atoms with Crippen molar-refractivity contribution in [1.29, 1.82) is 0 Å². The van der Waals surface area contributed by atoms with E-state index in [0.717, 1.165) is 24.1 Å². The summed E-state index contributed by atoms with van der Waals surface area (Å²) in [7, 11) is 0. The van der Waals surface area contributed by atoms with Gasteiger partial charge in [-0.15, -0.1) is 10.2 Å². The van der Waals surface area contributed by atoms with E-state index >= 15 is 0 Å². The van der Waals surface area contributed by atoms with Gasteiger partial charge in [0, 0.05) is 30.1 Å². The molecular weight excluding hydrogens is 352 g/mol. The molecule has 8 heteroatoms. The van der Waals surface area contributed by atoms with Gasteiger partial charge in [0.05, 0.1) is 11.6 Å². The highest BCUT2D eigenvalue weighted by atomic mass is 32.1. The van der Waals surface area contributed by atoms with E-state index in [0.29, 0.717) is 30.6 Å². The maximum absolute atomic E-state index is 12.7. The van der Waals surface area contributed by atoms with Gasteiger partial charge in [0.1, 0.15) is 0 Å². The van der Waals surface area contributed by atoms with Crippen LogP contribution in [0.5, 0.6) is 0 Å². The van der Waals surface area contributed by atoms with Crippen molar-refractivity contribution in [3.05, 3.63) is 40.2 Å². The fourth-order valence-electron chi connectivity index (χ4n) is 3.08. The highest BCUT2D eigenvalue weighted by Crippen LogP contribution is 2.30. The van der Waals surface area contributed by atoms with Crippen LogP contribution in [0.2, 0.25) is 0 Å². The molecule has 0 radical (unpaired) electrons. The molecule has 1 saturated heterocycles. The standard InChI is InChI=1S/C18H20N4O3S/c1-11(2)14-8-15(25-21-14)18(23)22-6-3-4-12(9-22)16-19-20-17(24-16)13-5-7-26-10-13/h5,7-8,10-12H,3-4,6,9H2,1-2H3/t12-/m1/s1. The summed E-state index contributed by atoms with van der Waals surface area (Å²) in [5, 5.41) is 16.3. The quantitative estimate of drug-likeness (QED) is 0.690. The van der Waals surface area contributed by atoms with Gasteiger partial charge in [-0.05, 0) is 30.2 Å². The molecule has 3 aromatic heterocycles. The second-order valence-corrected chi connectivity index (χ2v) is 7.60. The number of carbonyl (C=O) groups is 1. The fourth-order valence-corrected chi connectivity index (χ4v) is 3.71. The second-order valence-electron chi connectivity index (χ2n) is 6.82. The van der Waals surface area contributed by atoms with Crippen LogP contribution in [0, 0.1) is 0 Å². The summed E-state index contributed by atoms with van der Waals surface area (Å²) in [6, 6.07) is 3.69. The smallest absolute Gasteiger partial charge is 0.292 e. The Kier molecular flexibility index (Phi) is 4.58. The summed E-state index contributed by atoms with van der Waals surface area (Å²) in [5.74, 6) is 1.54. The predicted octanol–water partition coefficient (Wildman–Crippen LogP) is 3.93. The molecule has 1 amide bonds. The third kappa shape index (κ3) is 3.29. The molecule has 0 N–H and O–H groups in total. The monoisotopic (exact) mass is 372 g/mol. The van der Waals surface area contributed by atoms with Gasteiger partial charge in [0.25, 0.3) is 5.91 Å². The van der Waals surface area contributed by atoms with Crippen molar-refractivity contribution in [2.75, 3.05) is 13.1 Å². The number of rotatable bonds is 4.